The molecule has 1 aliphatic heterocycles. The fourth-order valence-corrected chi connectivity index (χ4v) is 4.34. The third-order valence-electron chi connectivity index (χ3n) is 5.85. The van der Waals surface area contributed by atoms with E-state index in [1.807, 2.05) is 6.92 Å². The van der Waals surface area contributed by atoms with Crippen LogP contribution >= 0.6 is 0 Å². The monoisotopic (exact) mass is 377 g/mol. The van der Waals surface area contributed by atoms with E-state index in [0.717, 1.165) is 30.9 Å². The topological polar surface area (TPSA) is 30.5 Å². The number of nitrogens with one attached hydrogen (secondary N) is 1. The van der Waals surface area contributed by atoms with Crippen molar-refractivity contribution in [1.82, 2.24) is 0 Å². The van der Waals surface area contributed by atoms with Gasteiger partial charge in [-0.05, 0) is 73.1 Å². The fraction of sp³-hybridized carbons (Fsp3) is 0.440. The molecule has 4 rings (SSSR count). The highest BCUT2D eigenvalue weighted by molar-refractivity contribution is 5.61. The molecular formula is C25H31NO2. The average molecular weight is 378 g/mol. The van der Waals surface area contributed by atoms with Crippen molar-refractivity contribution < 1.29 is 9.47 Å². The molecule has 0 saturated heterocycles. The Morgan fingerprint density at radius 2 is 1.82 bits per heavy atom. The molecule has 0 spiro atoms. The second kappa shape index (κ2) is 8.30. The summed E-state index contributed by atoms with van der Waals surface area (Å²) in [7, 11) is 0. The average Bonchev–Trinajstić information content (AvgIpc) is 3.18. The smallest absolute Gasteiger partial charge is 0.119 e. The summed E-state index contributed by atoms with van der Waals surface area (Å²) in [5, 5.41) is 3.80. The number of allylic oxidation sites excluding steroid dienone is 2. The van der Waals surface area contributed by atoms with Crippen molar-refractivity contribution in [3.8, 4) is 11.5 Å². The Morgan fingerprint density at radius 1 is 1.04 bits per heavy atom. The molecule has 0 radical (unpaired) electrons. The van der Waals surface area contributed by atoms with Crippen LogP contribution in [0.3, 0.4) is 0 Å². The van der Waals surface area contributed by atoms with Crippen LogP contribution in [0.15, 0.2) is 54.6 Å². The van der Waals surface area contributed by atoms with Gasteiger partial charge in [-0.3, -0.25) is 0 Å². The molecule has 2 aromatic rings. The van der Waals surface area contributed by atoms with Crippen LogP contribution in [0.5, 0.6) is 11.5 Å². The van der Waals surface area contributed by atoms with Crippen LogP contribution in [-0.4, -0.2) is 13.2 Å². The maximum absolute atomic E-state index is 6.01. The molecule has 0 amide bonds. The largest absolute Gasteiger partial charge is 0.494 e. The second-order valence-electron chi connectivity index (χ2n) is 8.26. The van der Waals surface area contributed by atoms with E-state index in [1.54, 1.807) is 0 Å². The Hall–Kier alpha value is -2.42. The van der Waals surface area contributed by atoms with E-state index in [-0.39, 0.29) is 0 Å². The second-order valence-corrected chi connectivity index (χ2v) is 8.26. The third-order valence-corrected chi connectivity index (χ3v) is 5.85. The van der Waals surface area contributed by atoms with Gasteiger partial charge in [-0.15, -0.1) is 0 Å². The summed E-state index contributed by atoms with van der Waals surface area (Å²) in [4.78, 5) is 0. The van der Waals surface area contributed by atoms with Gasteiger partial charge in [-0.25, -0.2) is 0 Å². The molecule has 1 heterocycles. The SMILES string of the molecule is CCOc1ccc(C2Nc3ccc(OCCC(C)C)cc3C3C=CCC32)cc1. The first-order valence-corrected chi connectivity index (χ1v) is 10.6. The van der Waals surface area contributed by atoms with Crippen LogP contribution in [0, 0.1) is 11.8 Å². The van der Waals surface area contributed by atoms with Gasteiger partial charge in [0.1, 0.15) is 11.5 Å². The summed E-state index contributed by atoms with van der Waals surface area (Å²) in [6.45, 7) is 7.96. The van der Waals surface area contributed by atoms with E-state index in [0.29, 0.717) is 30.4 Å². The lowest BCUT2D eigenvalue weighted by atomic mass is 9.77. The predicted octanol–water partition coefficient (Wildman–Crippen LogP) is 6.34. The van der Waals surface area contributed by atoms with Crippen LogP contribution in [0.1, 0.15) is 56.7 Å². The zero-order valence-electron chi connectivity index (χ0n) is 17.2. The first-order chi connectivity index (χ1) is 13.7. The van der Waals surface area contributed by atoms with Crippen molar-refractivity contribution >= 4 is 5.69 Å². The minimum atomic E-state index is 0.316. The Labute approximate surface area is 168 Å². The Morgan fingerprint density at radius 3 is 2.57 bits per heavy atom. The summed E-state index contributed by atoms with van der Waals surface area (Å²) in [5.41, 5.74) is 3.91. The van der Waals surface area contributed by atoms with E-state index in [2.05, 4.69) is 73.8 Å². The van der Waals surface area contributed by atoms with Gasteiger partial charge in [0.25, 0.3) is 0 Å². The summed E-state index contributed by atoms with van der Waals surface area (Å²) in [6.07, 6.45) is 6.90. The molecule has 2 aliphatic rings. The predicted molar refractivity (Wildman–Crippen MR) is 115 cm³/mol. The van der Waals surface area contributed by atoms with E-state index < -0.39 is 0 Å². The zero-order chi connectivity index (χ0) is 19.5. The van der Waals surface area contributed by atoms with E-state index in [4.69, 9.17) is 9.47 Å². The van der Waals surface area contributed by atoms with Crippen molar-refractivity contribution in [2.75, 3.05) is 18.5 Å². The molecule has 148 valence electrons. The van der Waals surface area contributed by atoms with Crippen molar-refractivity contribution in [1.29, 1.82) is 0 Å². The molecular weight excluding hydrogens is 346 g/mol. The van der Waals surface area contributed by atoms with Crippen molar-refractivity contribution in [3.63, 3.8) is 0 Å². The highest BCUT2D eigenvalue weighted by atomic mass is 16.5. The standard InChI is InChI=1S/C25H31NO2/c1-4-27-19-10-8-18(9-11-19)25-22-7-5-6-21(22)23-16-20(12-13-24(23)26-25)28-15-14-17(2)3/h5-6,8-13,16-17,21-22,25-26H,4,7,14-15H2,1-3H3. The highest BCUT2D eigenvalue weighted by Gasteiger charge is 2.38. The third kappa shape index (κ3) is 3.89. The van der Waals surface area contributed by atoms with Crippen LogP contribution in [0.4, 0.5) is 5.69 Å². The number of fused-ring (bicyclic) bond motifs is 3. The van der Waals surface area contributed by atoms with E-state index >= 15 is 0 Å². The lowest BCUT2D eigenvalue weighted by molar-refractivity contribution is 0.289. The first kappa shape index (κ1) is 18.9. The Bertz CT molecular complexity index is 825. The number of ether oxygens (including phenoxy) is 2. The van der Waals surface area contributed by atoms with Gasteiger partial charge in [-0.2, -0.15) is 0 Å². The lowest BCUT2D eigenvalue weighted by Gasteiger charge is -2.37. The summed E-state index contributed by atoms with van der Waals surface area (Å²) in [5.74, 6) is 3.57. The maximum atomic E-state index is 6.01. The minimum absolute atomic E-state index is 0.316. The van der Waals surface area contributed by atoms with Gasteiger partial charge in [0.15, 0.2) is 0 Å². The molecule has 1 aliphatic carbocycles. The number of hydrogen-bond acceptors (Lipinski definition) is 3. The number of anilines is 1. The lowest BCUT2D eigenvalue weighted by Crippen LogP contribution is -2.29. The summed E-state index contributed by atoms with van der Waals surface area (Å²) in [6, 6.07) is 15.4. The quantitative estimate of drug-likeness (QED) is 0.571. The minimum Gasteiger partial charge on any atom is -0.494 e. The molecule has 3 nitrogen and oxygen atoms in total. The molecule has 3 heteroatoms. The maximum Gasteiger partial charge on any atom is 0.119 e. The van der Waals surface area contributed by atoms with Crippen molar-refractivity contribution in [3.05, 3.63) is 65.7 Å². The molecule has 0 saturated carbocycles. The molecule has 0 aromatic heterocycles. The van der Waals surface area contributed by atoms with Crippen molar-refractivity contribution in [2.24, 2.45) is 11.8 Å². The van der Waals surface area contributed by atoms with Gasteiger partial charge in [0, 0.05) is 11.6 Å². The number of rotatable bonds is 7. The number of benzene rings is 2. The van der Waals surface area contributed by atoms with Crippen LogP contribution in [0.25, 0.3) is 0 Å². The molecule has 3 unspecified atom stereocenters. The summed E-state index contributed by atoms with van der Waals surface area (Å²) >= 11 is 0. The van der Waals surface area contributed by atoms with Gasteiger partial charge < -0.3 is 14.8 Å². The molecule has 0 fully saturated rings. The van der Waals surface area contributed by atoms with E-state index in [1.165, 1.54) is 16.8 Å². The van der Waals surface area contributed by atoms with Crippen LogP contribution in [-0.2, 0) is 0 Å². The fourth-order valence-electron chi connectivity index (χ4n) is 4.34. The van der Waals surface area contributed by atoms with Gasteiger partial charge in [0.2, 0.25) is 0 Å². The summed E-state index contributed by atoms with van der Waals surface area (Å²) < 4.78 is 11.6. The van der Waals surface area contributed by atoms with Gasteiger partial charge in [-0.1, -0.05) is 38.1 Å². The molecule has 1 N–H and O–H groups in total. The number of hydrogen-bond donors (Lipinski definition) is 1. The van der Waals surface area contributed by atoms with Gasteiger partial charge >= 0.3 is 0 Å². The first-order valence-electron chi connectivity index (χ1n) is 10.6. The molecule has 0 bridgehead atoms. The molecule has 28 heavy (non-hydrogen) atoms. The zero-order valence-corrected chi connectivity index (χ0v) is 17.2. The van der Waals surface area contributed by atoms with Crippen molar-refractivity contribution in [2.45, 2.75) is 45.6 Å². The molecule has 3 atom stereocenters. The van der Waals surface area contributed by atoms with E-state index in [9.17, 15) is 0 Å². The highest BCUT2D eigenvalue weighted by Crippen LogP contribution is 2.50. The molecule has 2 aromatic carbocycles. The van der Waals surface area contributed by atoms with Crippen LogP contribution in [0.2, 0.25) is 0 Å². The Kier molecular flexibility index (Phi) is 5.61. The Balaban J connectivity index is 1.55. The van der Waals surface area contributed by atoms with Crippen LogP contribution < -0.4 is 14.8 Å². The normalized spacial score (nSPS) is 22.5. The van der Waals surface area contributed by atoms with Gasteiger partial charge in [0.05, 0.1) is 19.3 Å².